The number of thiol groups is 1. The lowest BCUT2D eigenvalue weighted by molar-refractivity contribution is 0.0738. The van der Waals surface area contributed by atoms with Crippen molar-refractivity contribution in [2.45, 2.75) is 24.3 Å². The quantitative estimate of drug-likeness (QED) is 0.829. The summed E-state index contributed by atoms with van der Waals surface area (Å²) < 4.78 is 0. The Morgan fingerprint density at radius 2 is 2.12 bits per heavy atom. The van der Waals surface area contributed by atoms with Gasteiger partial charge in [0.15, 0.2) is 0 Å². The number of carbonyl (C=O) groups excluding carboxylic acids is 1. The van der Waals surface area contributed by atoms with Crippen molar-refractivity contribution in [3.8, 4) is 0 Å². The van der Waals surface area contributed by atoms with Gasteiger partial charge in [-0.1, -0.05) is 12.1 Å². The minimum Gasteiger partial charge on any atom is -0.339 e. The minimum absolute atomic E-state index is 0.0456. The molecule has 0 aliphatic carbocycles. The number of hydrogen-bond donors (Lipinski definition) is 1. The van der Waals surface area contributed by atoms with E-state index in [1.807, 2.05) is 31.3 Å². The third kappa shape index (κ3) is 3.96. The second-order valence-corrected chi connectivity index (χ2v) is 5.53. The van der Waals surface area contributed by atoms with Crippen LogP contribution in [-0.4, -0.2) is 35.9 Å². The van der Waals surface area contributed by atoms with E-state index < -0.39 is 0 Å². The predicted octanol–water partition coefficient (Wildman–Crippen LogP) is 3.19. The molecule has 17 heavy (non-hydrogen) atoms. The van der Waals surface area contributed by atoms with E-state index in [1.165, 1.54) is 0 Å². The number of nitrogens with zero attached hydrogens (tertiary/aromatic N) is 1. The second kappa shape index (κ2) is 6.97. The van der Waals surface area contributed by atoms with Gasteiger partial charge in [0.1, 0.15) is 0 Å². The number of thioether (sulfide) groups is 1. The van der Waals surface area contributed by atoms with E-state index in [1.54, 1.807) is 16.7 Å². The summed E-state index contributed by atoms with van der Waals surface area (Å²) in [4.78, 5) is 14.8. The highest BCUT2D eigenvalue weighted by atomic mass is 32.2. The molecule has 94 valence electrons. The molecule has 0 saturated heterocycles. The topological polar surface area (TPSA) is 20.3 Å². The van der Waals surface area contributed by atoms with Gasteiger partial charge in [-0.3, -0.25) is 4.79 Å². The van der Waals surface area contributed by atoms with Crippen molar-refractivity contribution in [3.05, 3.63) is 29.8 Å². The van der Waals surface area contributed by atoms with Gasteiger partial charge in [0.25, 0.3) is 5.91 Å². The van der Waals surface area contributed by atoms with Crippen LogP contribution in [0.25, 0.3) is 0 Å². The van der Waals surface area contributed by atoms with E-state index in [0.29, 0.717) is 5.56 Å². The highest BCUT2D eigenvalue weighted by Crippen LogP contribution is 2.17. The summed E-state index contributed by atoms with van der Waals surface area (Å²) >= 11 is 6.12. The molecule has 0 bridgehead atoms. The first kappa shape index (κ1) is 14.5. The molecule has 4 heteroatoms. The van der Waals surface area contributed by atoms with Gasteiger partial charge in [-0.15, -0.1) is 12.6 Å². The summed E-state index contributed by atoms with van der Waals surface area (Å²) in [6.45, 7) is 2.08. The first-order valence-electron chi connectivity index (χ1n) is 5.62. The number of amides is 1. The van der Waals surface area contributed by atoms with Crippen molar-refractivity contribution in [1.29, 1.82) is 0 Å². The standard InChI is InChI=1S/C13H19NOS2/c1-10(8-9-17-3)14(2)13(15)11-6-4-5-7-12(11)16/h4-7,10,16H,8-9H2,1-3H3. The monoisotopic (exact) mass is 269 g/mol. The Hall–Kier alpha value is -0.610. The summed E-state index contributed by atoms with van der Waals surface area (Å²) in [6.07, 6.45) is 3.09. The van der Waals surface area contributed by atoms with Crippen molar-refractivity contribution < 1.29 is 4.79 Å². The SMILES string of the molecule is CSCCC(C)N(C)C(=O)c1ccccc1S. The van der Waals surface area contributed by atoms with Crippen LogP contribution in [0.3, 0.4) is 0 Å². The zero-order valence-corrected chi connectivity index (χ0v) is 12.2. The normalized spacial score (nSPS) is 12.2. The molecule has 1 amide bonds. The number of benzene rings is 1. The Morgan fingerprint density at radius 3 is 2.71 bits per heavy atom. The molecule has 0 spiro atoms. The molecule has 1 aromatic rings. The molecule has 0 aromatic heterocycles. The van der Waals surface area contributed by atoms with Crippen molar-refractivity contribution in [1.82, 2.24) is 4.90 Å². The molecule has 1 unspecified atom stereocenters. The van der Waals surface area contributed by atoms with E-state index in [2.05, 4.69) is 25.8 Å². The zero-order valence-electron chi connectivity index (χ0n) is 10.5. The zero-order chi connectivity index (χ0) is 12.8. The van der Waals surface area contributed by atoms with Crippen molar-refractivity contribution >= 4 is 30.3 Å². The van der Waals surface area contributed by atoms with Gasteiger partial charge in [-0.05, 0) is 37.5 Å². The summed E-state index contributed by atoms with van der Waals surface area (Å²) in [5, 5.41) is 0. The fourth-order valence-electron chi connectivity index (χ4n) is 1.53. The fourth-order valence-corrected chi connectivity index (χ4v) is 2.36. The maximum Gasteiger partial charge on any atom is 0.254 e. The van der Waals surface area contributed by atoms with Crippen molar-refractivity contribution in [2.75, 3.05) is 19.1 Å². The van der Waals surface area contributed by atoms with Crippen LogP contribution < -0.4 is 0 Å². The average molecular weight is 269 g/mol. The Balaban J connectivity index is 2.73. The Kier molecular flexibility index (Phi) is 5.92. The first-order valence-corrected chi connectivity index (χ1v) is 7.46. The molecule has 1 atom stereocenters. The van der Waals surface area contributed by atoms with E-state index in [-0.39, 0.29) is 11.9 Å². The van der Waals surface area contributed by atoms with Crippen molar-refractivity contribution in [3.63, 3.8) is 0 Å². The smallest absolute Gasteiger partial charge is 0.254 e. The van der Waals surface area contributed by atoms with Crippen LogP contribution in [0.15, 0.2) is 29.2 Å². The van der Waals surface area contributed by atoms with Gasteiger partial charge in [-0.2, -0.15) is 11.8 Å². The molecule has 1 rings (SSSR count). The van der Waals surface area contributed by atoms with Crippen LogP contribution in [0.5, 0.6) is 0 Å². The maximum atomic E-state index is 12.2. The van der Waals surface area contributed by atoms with Gasteiger partial charge in [-0.25, -0.2) is 0 Å². The van der Waals surface area contributed by atoms with Crippen LogP contribution >= 0.6 is 24.4 Å². The van der Waals surface area contributed by atoms with Gasteiger partial charge < -0.3 is 4.90 Å². The molecule has 2 nitrogen and oxygen atoms in total. The predicted molar refractivity (Wildman–Crippen MR) is 78.2 cm³/mol. The Labute approximate surface area is 113 Å². The van der Waals surface area contributed by atoms with Crippen LogP contribution in [0, 0.1) is 0 Å². The van der Waals surface area contributed by atoms with Crippen LogP contribution in [0.2, 0.25) is 0 Å². The summed E-state index contributed by atoms with van der Waals surface area (Å²) in [5.74, 6) is 1.12. The van der Waals surface area contributed by atoms with Crippen LogP contribution in [-0.2, 0) is 0 Å². The molecule has 0 aliphatic rings. The Bertz CT molecular complexity index is 381. The van der Waals surface area contributed by atoms with E-state index in [9.17, 15) is 4.79 Å². The highest BCUT2D eigenvalue weighted by Gasteiger charge is 2.18. The second-order valence-electron chi connectivity index (χ2n) is 4.06. The summed E-state index contributed by atoms with van der Waals surface area (Å²) in [7, 11) is 1.85. The third-order valence-corrected chi connectivity index (χ3v) is 3.89. The highest BCUT2D eigenvalue weighted by molar-refractivity contribution is 7.98. The molecule has 0 N–H and O–H groups in total. The maximum absolute atomic E-state index is 12.2. The van der Waals surface area contributed by atoms with Crippen molar-refractivity contribution in [2.24, 2.45) is 0 Å². The van der Waals surface area contributed by atoms with Gasteiger partial charge in [0.05, 0.1) is 5.56 Å². The number of rotatable bonds is 5. The van der Waals surface area contributed by atoms with Gasteiger partial charge in [0.2, 0.25) is 0 Å². The number of hydrogen-bond acceptors (Lipinski definition) is 3. The largest absolute Gasteiger partial charge is 0.339 e. The molecule has 0 saturated carbocycles. The third-order valence-electron chi connectivity index (χ3n) is 2.86. The molecular formula is C13H19NOS2. The van der Waals surface area contributed by atoms with Crippen LogP contribution in [0.1, 0.15) is 23.7 Å². The van der Waals surface area contributed by atoms with Gasteiger partial charge >= 0.3 is 0 Å². The summed E-state index contributed by atoms with van der Waals surface area (Å²) in [6, 6.07) is 7.67. The Morgan fingerprint density at radius 1 is 1.47 bits per heavy atom. The van der Waals surface area contributed by atoms with Gasteiger partial charge in [0, 0.05) is 18.0 Å². The molecule has 0 fully saturated rings. The lowest BCUT2D eigenvalue weighted by atomic mass is 10.1. The van der Waals surface area contributed by atoms with E-state index in [0.717, 1.165) is 17.1 Å². The lowest BCUT2D eigenvalue weighted by Crippen LogP contribution is -2.35. The molecule has 0 aliphatic heterocycles. The lowest BCUT2D eigenvalue weighted by Gasteiger charge is -2.25. The average Bonchev–Trinajstić information content (AvgIpc) is 2.34. The number of carbonyl (C=O) groups is 1. The fraction of sp³-hybridized carbons (Fsp3) is 0.462. The molecule has 1 aromatic carbocycles. The minimum atomic E-state index is 0.0456. The molecule has 0 heterocycles. The van der Waals surface area contributed by atoms with Crippen LogP contribution in [0.4, 0.5) is 0 Å². The van der Waals surface area contributed by atoms with E-state index in [4.69, 9.17) is 0 Å². The summed E-state index contributed by atoms with van der Waals surface area (Å²) in [5.41, 5.74) is 0.675. The molecule has 0 radical (unpaired) electrons. The molecular weight excluding hydrogens is 250 g/mol. The first-order chi connectivity index (χ1) is 8.07. The van der Waals surface area contributed by atoms with E-state index >= 15 is 0 Å².